The number of nitrogens with zero attached hydrogens (tertiary/aromatic N) is 3. The lowest BCUT2D eigenvalue weighted by Gasteiger charge is -2.05. The molecule has 2 heterocycles. The van der Waals surface area contributed by atoms with Gasteiger partial charge < -0.3 is 11.1 Å². The quantitative estimate of drug-likeness (QED) is 0.423. The van der Waals surface area contributed by atoms with Gasteiger partial charge in [0.25, 0.3) is 0 Å². The Bertz CT molecular complexity index is 1250. The number of allylic oxidation sites excluding steroid dienone is 2. The molecule has 4 aromatic rings. The minimum Gasteiger partial charge on any atom is -0.383 e. The molecule has 0 amide bonds. The number of nitriles is 1. The average molecular weight is 398 g/mol. The second-order valence-corrected chi connectivity index (χ2v) is 7.58. The number of rotatable bonds is 5. The van der Waals surface area contributed by atoms with Gasteiger partial charge in [-0.25, -0.2) is 9.97 Å². The van der Waals surface area contributed by atoms with E-state index in [1.54, 1.807) is 12.1 Å². The van der Waals surface area contributed by atoms with Gasteiger partial charge in [0.2, 0.25) is 0 Å². The first kappa shape index (κ1) is 18.7. The third-order valence-corrected chi connectivity index (χ3v) is 5.40. The summed E-state index contributed by atoms with van der Waals surface area (Å²) >= 11 is 1.53. The van der Waals surface area contributed by atoms with Crippen LogP contribution in [0.25, 0.3) is 21.6 Å². The third kappa shape index (κ3) is 4.10. The molecule has 2 aromatic carbocycles. The fraction of sp³-hybridized carbons (Fsp3) is 0.0870. The van der Waals surface area contributed by atoms with Gasteiger partial charge in [-0.1, -0.05) is 47.8 Å². The van der Waals surface area contributed by atoms with Crippen LogP contribution >= 0.6 is 11.3 Å². The zero-order chi connectivity index (χ0) is 20.2. The van der Waals surface area contributed by atoms with Crippen molar-refractivity contribution in [2.45, 2.75) is 13.3 Å². The molecule has 0 fully saturated rings. The number of thiophene rings is 1. The molecule has 0 spiro atoms. The molecule has 0 aliphatic rings. The Labute approximate surface area is 173 Å². The fourth-order valence-electron chi connectivity index (χ4n) is 3.03. The van der Waals surface area contributed by atoms with E-state index in [1.807, 2.05) is 37.3 Å². The van der Waals surface area contributed by atoms with E-state index in [4.69, 9.17) is 11.0 Å². The van der Waals surface area contributed by atoms with Crippen LogP contribution in [0.4, 0.5) is 16.5 Å². The number of hydrogen-bond donors (Lipinski definition) is 2. The number of aromatic nitrogens is 2. The van der Waals surface area contributed by atoms with E-state index in [-0.39, 0.29) is 0 Å². The molecule has 3 N–H and O–H groups in total. The van der Waals surface area contributed by atoms with E-state index in [2.05, 4.69) is 45.6 Å². The molecule has 5 nitrogen and oxygen atoms in total. The largest absolute Gasteiger partial charge is 0.383 e. The Morgan fingerprint density at radius 2 is 2.00 bits per heavy atom. The predicted molar refractivity (Wildman–Crippen MR) is 120 cm³/mol. The summed E-state index contributed by atoms with van der Waals surface area (Å²) in [6, 6.07) is 19.7. The van der Waals surface area contributed by atoms with Crippen molar-refractivity contribution >= 4 is 38.1 Å². The summed E-state index contributed by atoms with van der Waals surface area (Å²) in [5, 5.41) is 14.3. The van der Waals surface area contributed by atoms with E-state index in [9.17, 15) is 0 Å². The van der Waals surface area contributed by atoms with Gasteiger partial charge in [0, 0.05) is 11.3 Å². The molecule has 4 rings (SSSR count). The highest BCUT2D eigenvalue weighted by Crippen LogP contribution is 2.34. The third-order valence-electron chi connectivity index (χ3n) is 4.46. The molecule has 0 aliphatic heterocycles. The zero-order valence-electron chi connectivity index (χ0n) is 15.9. The first-order valence-corrected chi connectivity index (χ1v) is 10.0. The second kappa shape index (κ2) is 8.13. The Hall–Kier alpha value is -3.69. The van der Waals surface area contributed by atoms with Crippen LogP contribution in [0.1, 0.15) is 18.1 Å². The molecular weight excluding hydrogens is 378 g/mol. The monoisotopic (exact) mass is 397 g/mol. The topological polar surface area (TPSA) is 87.6 Å². The summed E-state index contributed by atoms with van der Waals surface area (Å²) in [5.74, 6) is 0.951. The van der Waals surface area contributed by atoms with Crippen LogP contribution in [0, 0.1) is 11.3 Å². The molecule has 0 saturated heterocycles. The van der Waals surface area contributed by atoms with E-state index in [0.29, 0.717) is 17.2 Å². The number of nitrogen functional groups attached to an aromatic ring is 1. The molecule has 0 bridgehead atoms. The van der Waals surface area contributed by atoms with Crippen LogP contribution in [0.3, 0.4) is 0 Å². The van der Waals surface area contributed by atoms with E-state index in [1.165, 1.54) is 16.9 Å². The summed E-state index contributed by atoms with van der Waals surface area (Å²) < 4.78 is 0. The summed E-state index contributed by atoms with van der Waals surface area (Å²) in [6.45, 7) is 2.02. The van der Waals surface area contributed by atoms with Crippen molar-refractivity contribution in [3.05, 3.63) is 77.9 Å². The lowest BCUT2D eigenvalue weighted by atomic mass is 10.1. The van der Waals surface area contributed by atoms with Crippen molar-refractivity contribution in [2.75, 3.05) is 11.1 Å². The highest BCUT2D eigenvalue weighted by molar-refractivity contribution is 7.22. The second-order valence-electron chi connectivity index (χ2n) is 6.55. The molecule has 142 valence electrons. The van der Waals surface area contributed by atoms with Gasteiger partial charge in [0.1, 0.15) is 10.6 Å². The number of hydrogen-bond acceptors (Lipinski definition) is 6. The van der Waals surface area contributed by atoms with Crippen LogP contribution < -0.4 is 11.1 Å². The summed E-state index contributed by atoms with van der Waals surface area (Å²) in [4.78, 5) is 9.92. The maximum atomic E-state index is 9.12. The SMILES string of the molecule is CC=CCc1cccc(Nc2cc3c(N)nc(-c4cccc(C#N)c4)nc3s2)c1. The van der Waals surface area contributed by atoms with E-state index < -0.39 is 0 Å². The van der Waals surface area contributed by atoms with Gasteiger partial charge in [0.15, 0.2) is 5.82 Å². The van der Waals surface area contributed by atoms with Gasteiger partial charge in [-0.05, 0) is 49.2 Å². The van der Waals surface area contributed by atoms with Gasteiger partial charge in [-0.15, -0.1) is 0 Å². The van der Waals surface area contributed by atoms with Gasteiger partial charge in [0.05, 0.1) is 22.0 Å². The molecule has 0 saturated carbocycles. The molecule has 6 heteroatoms. The van der Waals surface area contributed by atoms with E-state index in [0.717, 1.165) is 32.9 Å². The van der Waals surface area contributed by atoms with Crippen molar-refractivity contribution in [3.63, 3.8) is 0 Å². The maximum absolute atomic E-state index is 9.12. The first-order chi connectivity index (χ1) is 14.2. The van der Waals surface area contributed by atoms with Crippen molar-refractivity contribution in [3.8, 4) is 17.5 Å². The minimum absolute atomic E-state index is 0.429. The highest BCUT2D eigenvalue weighted by Gasteiger charge is 2.12. The molecule has 2 aromatic heterocycles. The molecule has 29 heavy (non-hydrogen) atoms. The normalized spacial score (nSPS) is 11.0. The molecule has 0 radical (unpaired) electrons. The number of nitrogens with one attached hydrogen (secondary N) is 1. The van der Waals surface area contributed by atoms with Gasteiger partial charge in [-0.2, -0.15) is 5.26 Å². The van der Waals surface area contributed by atoms with Gasteiger partial charge >= 0.3 is 0 Å². The maximum Gasteiger partial charge on any atom is 0.163 e. The van der Waals surface area contributed by atoms with Gasteiger partial charge in [-0.3, -0.25) is 0 Å². The van der Waals surface area contributed by atoms with Crippen molar-refractivity contribution in [2.24, 2.45) is 0 Å². The van der Waals surface area contributed by atoms with Crippen LogP contribution in [0.15, 0.2) is 66.7 Å². The molecule has 0 aliphatic carbocycles. The predicted octanol–water partition coefficient (Wildman–Crippen LogP) is 5.67. The number of fused-ring (bicyclic) bond motifs is 1. The fourth-order valence-corrected chi connectivity index (χ4v) is 3.99. The molecule has 0 atom stereocenters. The van der Waals surface area contributed by atoms with Crippen molar-refractivity contribution < 1.29 is 0 Å². The summed E-state index contributed by atoms with van der Waals surface area (Å²) in [7, 11) is 0. The molecular formula is C23H19N5S. The summed E-state index contributed by atoms with van der Waals surface area (Å²) in [5.41, 5.74) is 9.81. The standard InChI is InChI=1S/C23H19N5S/c1-2-3-6-15-7-5-10-18(12-15)26-20-13-19-21(25)27-22(28-23(19)29-20)17-9-4-8-16(11-17)14-24/h2-5,7-13,26H,6H2,1H3,(H2,25,27,28). The van der Waals surface area contributed by atoms with Crippen LogP contribution in [0.5, 0.6) is 0 Å². The number of anilines is 3. The lowest BCUT2D eigenvalue weighted by Crippen LogP contribution is -1.96. The van der Waals surface area contributed by atoms with Crippen LogP contribution in [-0.4, -0.2) is 9.97 Å². The van der Waals surface area contributed by atoms with Crippen LogP contribution in [-0.2, 0) is 6.42 Å². The Kier molecular flexibility index (Phi) is 5.23. The smallest absolute Gasteiger partial charge is 0.163 e. The number of benzene rings is 2. The van der Waals surface area contributed by atoms with Crippen LogP contribution in [0.2, 0.25) is 0 Å². The lowest BCUT2D eigenvalue weighted by molar-refractivity contribution is 1.24. The van der Waals surface area contributed by atoms with E-state index >= 15 is 0 Å². The Balaban J connectivity index is 1.66. The highest BCUT2D eigenvalue weighted by atomic mass is 32.1. The van der Waals surface area contributed by atoms with Crippen molar-refractivity contribution in [1.82, 2.24) is 9.97 Å². The van der Waals surface area contributed by atoms with Crippen molar-refractivity contribution in [1.29, 1.82) is 5.26 Å². The zero-order valence-corrected chi connectivity index (χ0v) is 16.7. The Morgan fingerprint density at radius 1 is 1.14 bits per heavy atom. The average Bonchev–Trinajstić information content (AvgIpc) is 3.15. The minimum atomic E-state index is 0.429. The molecule has 0 unspecified atom stereocenters. The first-order valence-electron chi connectivity index (χ1n) is 9.21. The summed E-state index contributed by atoms with van der Waals surface area (Å²) in [6.07, 6.45) is 5.09. The Morgan fingerprint density at radius 3 is 2.83 bits per heavy atom. The number of nitrogens with two attached hydrogens (primary N) is 1.